The Bertz CT molecular complexity index is 755. The Hall–Kier alpha value is -2.74. The Morgan fingerprint density at radius 1 is 1.22 bits per heavy atom. The number of H-pyrrole nitrogens is 1. The van der Waals surface area contributed by atoms with Crippen molar-refractivity contribution in [1.29, 1.82) is 0 Å². The van der Waals surface area contributed by atoms with E-state index in [0.29, 0.717) is 29.5 Å². The second kappa shape index (κ2) is 7.01. The third kappa shape index (κ3) is 3.54. The minimum absolute atomic E-state index is 0.0197. The molecule has 0 aliphatic heterocycles. The maximum atomic E-state index is 9.32. The van der Waals surface area contributed by atoms with Gasteiger partial charge in [0, 0.05) is 6.54 Å². The number of aliphatic hydroxyl groups excluding tert-OH is 1. The lowest BCUT2D eigenvalue weighted by atomic mass is 10.2. The second-order valence-electron chi connectivity index (χ2n) is 5.18. The lowest BCUT2D eigenvalue weighted by Crippen LogP contribution is -2.24. The highest BCUT2D eigenvalue weighted by Crippen LogP contribution is 2.19. The van der Waals surface area contributed by atoms with Crippen molar-refractivity contribution >= 4 is 22.9 Å². The van der Waals surface area contributed by atoms with Gasteiger partial charge in [-0.15, -0.1) is 5.10 Å². The first kappa shape index (κ1) is 15.2. The molecule has 4 N–H and O–H groups in total. The fraction of sp³-hybridized carbons (Fsp3) is 0.333. The number of nitrogens with zero attached hydrogens (tertiary/aromatic N) is 4. The molecule has 0 radical (unpaired) electrons. The molecule has 0 saturated carbocycles. The highest BCUT2D eigenvalue weighted by Gasteiger charge is 2.13. The summed E-state index contributed by atoms with van der Waals surface area (Å²) < 4.78 is 0. The van der Waals surface area contributed by atoms with E-state index in [1.165, 1.54) is 0 Å². The first-order valence-electron chi connectivity index (χ1n) is 7.54. The van der Waals surface area contributed by atoms with Gasteiger partial charge in [-0.05, 0) is 12.0 Å². The van der Waals surface area contributed by atoms with Crippen LogP contribution in [0.1, 0.15) is 18.9 Å². The molecule has 23 heavy (non-hydrogen) atoms. The molecule has 8 nitrogen and oxygen atoms in total. The average molecular weight is 313 g/mol. The number of nitrogens with one attached hydrogen (secondary N) is 3. The van der Waals surface area contributed by atoms with Gasteiger partial charge in [-0.2, -0.15) is 9.97 Å². The van der Waals surface area contributed by atoms with Gasteiger partial charge in [-0.3, -0.25) is 0 Å². The Balaban J connectivity index is 1.84. The van der Waals surface area contributed by atoms with E-state index in [0.717, 1.165) is 12.0 Å². The third-order valence-corrected chi connectivity index (χ3v) is 3.54. The maximum Gasteiger partial charge on any atom is 0.227 e. The van der Waals surface area contributed by atoms with Crippen LogP contribution in [0.25, 0.3) is 11.2 Å². The first-order valence-corrected chi connectivity index (χ1v) is 7.54. The van der Waals surface area contributed by atoms with Gasteiger partial charge < -0.3 is 15.7 Å². The van der Waals surface area contributed by atoms with Crippen molar-refractivity contribution in [3.63, 3.8) is 0 Å². The van der Waals surface area contributed by atoms with E-state index in [9.17, 15) is 5.11 Å². The molecular formula is C15H19N7O. The lowest BCUT2D eigenvalue weighted by molar-refractivity contribution is 0.271. The number of aromatic amines is 1. The molecule has 2 heterocycles. The van der Waals surface area contributed by atoms with Gasteiger partial charge in [-0.1, -0.05) is 42.5 Å². The molecule has 0 saturated heterocycles. The lowest BCUT2D eigenvalue weighted by Gasteiger charge is -2.14. The van der Waals surface area contributed by atoms with Crippen LogP contribution in [0, 0.1) is 0 Å². The van der Waals surface area contributed by atoms with E-state index >= 15 is 0 Å². The fourth-order valence-corrected chi connectivity index (χ4v) is 2.18. The standard InChI is InChI=1S/C15H19N7O/c1-2-11(9-23)17-15-18-13(12-14(19-15)21-22-20-12)16-8-10-6-4-3-5-7-10/h3-7,11,23H,2,8-9H2,1H3,(H3,16,17,18,19,20,21,22). The summed E-state index contributed by atoms with van der Waals surface area (Å²) in [4.78, 5) is 8.79. The molecule has 0 aliphatic carbocycles. The van der Waals surface area contributed by atoms with Crippen LogP contribution in [0.2, 0.25) is 0 Å². The van der Waals surface area contributed by atoms with Crippen molar-refractivity contribution in [2.45, 2.75) is 25.9 Å². The molecule has 0 spiro atoms. The van der Waals surface area contributed by atoms with Gasteiger partial charge in [0.25, 0.3) is 0 Å². The Morgan fingerprint density at radius 3 is 2.78 bits per heavy atom. The van der Waals surface area contributed by atoms with Gasteiger partial charge in [0.1, 0.15) is 0 Å². The minimum atomic E-state index is -0.0923. The number of anilines is 2. The van der Waals surface area contributed by atoms with Gasteiger partial charge in [0.2, 0.25) is 5.95 Å². The van der Waals surface area contributed by atoms with Crippen molar-refractivity contribution in [2.75, 3.05) is 17.2 Å². The quantitative estimate of drug-likeness (QED) is 0.523. The number of aliphatic hydroxyl groups is 1. The topological polar surface area (TPSA) is 112 Å². The molecule has 8 heteroatoms. The summed E-state index contributed by atoms with van der Waals surface area (Å²) >= 11 is 0. The number of benzene rings is 1. The largest absolute Gasteiger partial charge is 0.394 e. The normalized spacial score (nSPS) is 12.3. The molecule has 1 aromatic carbocycles. The number of rotatable bonds is 7. The van der Waals surface area contributed by atoms with Crippen LogP contribution < -0.4 is 10.6 Å². The zero-order valence-corrected chi connectivity index (χ0v) is 12.8. The molecule has 1 unspecified atom stereocenters. The molecule has 1 atom stereocenters. The Labute approximate surface area is 133 Å². The molecule has 0 bridgehead atoms. The van der Waals surface area contributed by atoms with E-state index in [4.69, 9.17) is 0 Å². The van der Waals surface area contributed by atoms with Crippen LogP contribution in [0.4, 0.5) is 11.8 Å². The SMILES string of the molecule is CCC(CO)Nc1nc(NCc2ccccc2)c2nn[nH]c2n1. The fourth-order valence-electron chi connectivity index (χ4n) is 2.18. The summed E-state index contributed by atoms with van der Waals surface area (Å²) in [7, 11) is 0. The van der Waals surface area contributed by atoms with Crippen LogP contribution in [-0.4, -0.2) is 43.1 Å². The predicted octanol–water partition coefficient (Wildman–Crippen LogP) is 1.54. The van der Waals surface area contributed by atoms with E-state index < -0.39 is 0 Å². The van der Waals surface area contributed by atoms with E-state index in [2.05, 4.69) is 36.0 Å². The summed E-state index contributed by atoms with van der Waals surface area (Å²) in [6, 6.07) is 9.93. The van der Waals surface area contributed by atoms with Crippen LogP contribution >= 0.6 is 0 Å². The second-order valence-corrected chi connectivity index (χ2v) is 5.18. The third-order valence-electron chi connectivity index (χ3n) is 3.54. The highest BCUT2D eigenvalue weighted by atomic mass is 16.3. The highest BCUT2D eigenvalue weighted by molar-refractivity contribution is 5.82. The Kier molecular flexibility index (Phi) is 4.62. The summed E-state index contributed by atoms with van der Waals surface area (Å²) in [6.07, 6.45) is 0.770. The predicted molar refractivity (Wildman–Crippen MR) is 88.0 cm³/mol. The van der Waals surface area contributed by atoms with Crippen molar-refractivity contribution in [1.82, 2.24) is 25.4 Å². The smallest absolute Gasteiger partial charge is 0.227 e. The zero-order chi connectivity index (χ0) is 16.1. The van der Waals surface area contributed by atoms with E-state index in [1.807, 2.05) is 37.3 Å². The van der Waals surface area contributed by atoms with E-state index in [1.54, 1.807) is 0 Å². The average Bonchev–Trinajstić information content (AvgIpc) is 3.07. The zero-order valence-electron chi connectivity index (χ0n) is 12.8. The van der Waals surface area contributed by atoms with Crippen molar-refractivity contribution in [2.24, 2.45) is 0 Å². The van der Waals surface area contributed by atoms with Crippen LogP contribution in [0.15, 0.2) is 30.3 Å². The molecule has 0 fully saturated rings. The first-order chi connectivity index (χ1) is 11.3. The van der Waals surface area contributed by atoms with Crippen molar-refractivity contribution in [3.8, 4) is 0 Å². The van der Waals surface area contributed by atoms with Crippen LogP contribution in [0.3, 0.4) is 0 Å². The molecule has 0 aliphatic rings. The molecular weight excluding hydrogens is 294 g/mol. The molecule has 3 rings (SSSR count). The van der Waals surface area contributed by atoms with Crippen LogP contribution in [-0.2, 0) is 6.54 Å². The summed E-state index contributed by atoms with van der Waals surface area (Å²) in [5, 5.41) is 26.2. The van der Waals surface area contributed by atoms with Crippen molar-refractivity contribution in [3.05, 3.63) is 35.9 Å². The Morgan fingerprint density at radius 2 is 2.04 bits per heavy atom. The number of hydrogen-bond donors (Lipinski definition) is 4. The molecule has 0 amide bonds. The van der Waals surface area contributed by atoms with Gasteiger partial charge in [-0.25, -0.2) is 5.10 Å². The summed E-state index contributed by atoms with van der Waals surface area (Å²) in [5.41, 5.74) is 2.27. The van der Waals surface area contributed by atoms with Crippen LogP contribution in [0.5, 0.6) is 0 Å². The van der Waals surface area contributed by atoms with Gasteiger partial charge in [0.05, 0.1) is 12.6 Å². The van der Waals surface area contributed by atoms with Crippen molar-refractivity contribution < 1.29 is 5.11 Å². The monoisotopic (exact) mass is 313 g/mol. The molecule has 120 valence electrons. The summed E-state index contributed by atoms with van der Waals surface area (Å²) in [6.45, 7) is 2.63. The summed E-state index contributed by atoms with van der Waals surface area (Å²) in [5.74, 6) is 1.03. The van der Waals surface area contributed by atoms with Gasteiger partial charge >= 0.3 is 0 Å². The molecule has 2 aromatic heterocycles. The van der Waals surface area contributed by atoms with Gasteiger partial charge in [0.15, 0.2) is 17.0 Å². The minimum Gasteiger partial charge on any atom is -0.394 e. The maximum absolute atomic E-state index is 9.32. The number of fused-ring (bicyclic) bond motifs is 1. The molecule has 3 aromatic rings. The number of aromatic nitrogens is 5. The van der Waals surface area contributed by atoms with E-state index in [-0.39, 0.29) is 12.6 Å². The number of hydrogen-bond acceptors (Lipinski definition) is 7.